The van der Waals surface area contributed by atoms with Gasteiger partial charge in [0.1, 0.15) is 0 Å². The average molecular weight is 310 g/mol. The van der Waals surface area contributed by atoms with Gasteiger partial charge in [-0.15, -0.1) is 5.10 Å². The van der Waals surface area contributed by atoms with Crippen LogP contribution in [0.1, 0.15) is 26.7 Å². The van der Waals surface area contributed by atoms with Crippen LogP contribution in [0.15, 0.2) is 18.2 Å². The second-order valence-corrected chi connectivity index (χ2v) is 5.52. The third-order valence-corrected chi connectivity index (χ3v) is 3.24. The number of hydrogen-bond donors (Lipinski definition) is 1. The summed E-state index contributed by atoms with van der Waals surface area (Å²) < 4.78 is 7.26. The molecule has 0 radical (unpaired) electrons. The van der Waals surface area contributed by atoms with Crippen molar-refractivity contribution in [2.75, 3.05) is 12.3 Å². The summed E-state index contributed by atoms with van der Waals surface area (Å²) in [6.45, 7) is 5.52. The van der Waals surface area contributed by atoms with Gasteiger partial charge in [-0.1, -0.05) is 11.6 Å². The fourth-order valence-electron chi connectivity index (χ4n) is 1.95. The van der Waals surface area contributed by atoms with E-state index < -0.39 is 0 Å². The molecular formula is C14H20ClN5O. The fraction of sp³-hybridized carbons (Fsp3) is 0.500. The molecule has 2 N–H and O–H groups in total. The number of nitrogens with two attached hydrogens (primary N) is 1. The number of nitrogens with zero attached hydrogens (tertiary/aromatic N) is 4. The van der Waals surface area contributed by atoms with E-state index in [1.54, 1.807) is 22.9 Å². The number of hydrogen-bond acceptors (Lipinski definition) is 5. The number of unbranched alkanes of at least 4 members (excludes halogenated alkanes) is 1. The smallest absolute Gasteiger partial charge is 0.184 e. The van der Waals surface area contributed by atoms with E-state index in [1.165, 1.54) is 0 Å². The topological polar surface area (TPSA) is 78.8 Å². The molecule has 0 spiro atoms. The maximum atomic E-state index is 6.01. The zero-order valence-corrected chi connectivity index (χ0v) is 13.0. The van der Waals surface area contributed by atoms with E-state index in [9.17, 15) is 0 Å². The molecule has 21 heavy (non-hydrogen) atoms. The maximum Gasteiger partial charge on any atom is 0.184 e. The third kappa shape index (κ3) is 4.41. The average Bonchev–Trinajstić information content (AvgIpc) is 2.89. The zero-order chi connectivity index (χ0) is 15.2. The van der Waals surface area contributed by atoms with E-state index in [1.807, 2.05) is 13.8 Å². The molecule has 0 aliphatic rings. The SMILES string of the molecule is CC(C)OCCCCn1nnnc1-c1cc(Cl)ccc1N. The number of aryl methyl sites for hydroxylation is 1. The molecule has 0 unspecified atom stereocenters. The largest absolute Gasteiger partial charge is 0.398 e. The van der Waals surface area contributed by atoms with Crippen molar-refractivity contribution in [2.45, 2.75) is 39.3 Å². The Morgan fingerprint density at radius 3 is 2.90 bits per heavy atom. The van der Waals surface area contributed by atoms with Gasteiger partial charge in [-0.05, 0) is 55.3 Å². The number of halogens is 1. The Morgan fingerprint density at radius 2 is 2.14 bits per heavy atom. The normalized spacial score (nSPS) is 11.2. The highest BCUT2D eigenvalue weighted by Gasteiger charge is 2.12. The van der Waals surface area contributed by atoms with Gasteiger partial charge in [0.15, 0.2) is 5.82 Å². The molecule has 0 amide bonds. The number of tetrazole rings is 1. The van der Waals surface area contributed by atoms with Crippen LogP contribution < -0.4 is 5.73 Å². The van der Waals surface area contributed by atoms with Crippen LogP contribution in [0.4, 0.5) is 5.69 Å². The summed E-state index contributed by atoms with van der Waals surface area (Å²) >= 11 is 6.01. The Kier molecular flexibility index (Phi) is 5.52. The second-order valence-electron chi connectivity index (χ2n) is 5.08. The molecule has 0 aliphatic heterocycles. The van der Waals surface area contributed by atoms with Crippen molar-refractivity contribution < 1.29 is 4.74 Å². The molecule has 1 aromatic heterocycles. The van der Waals surface area contributed by atoms with Crippen LogP contribution >= 0.6 is 11.6 Å². The van der Waals surface area contributed by atoms with E-state index in [0.717, 1.165) is 31.6 Å². The summed E-state index contributed by atoms with van der Waals surface area (Å²) in [6, 6.07) is 5.28. The number of ether oxygens (including phenoxy) is 1. The molecule has 2 aromatic rings. The van der Waals surface area contributed by atoms with Crippen molar-refractivity contribution in [2.24, 2.45) is 0 Å². The third-order valence-electron chi connectivity index (χ3n) is 3.00. The molecular weight excluding hydrogens is 290 g/mol. The molecule has 7 heteroatoms. The van der Waals surface area contributed by atoms with Gasteiger partial charge < -0.3 is 10.5 Å². The van der Waals surface area contributed by atoms with Crippen molar-refractivity contribution in [3.8, 4) is 11.4 Å². The summed E-state index contributed by atoms with van der Waals surface area (Å²) in [6.07, 6.45) is 2.16. The summed E-state index contributed by atoms with van der Waals surface area (Å²) in [4.78, 5) is 0. The van der Waals surface area contributed by atoms with Gasteiger partial charge in [0.05, 0.1) is 6.10 Å². The molecule has 0 fully saturated rings. The molecule has 114 valence electrons. The Balaban J connectivity index is 2.00. The summed E-state index contributed by atoms with van der Waals surface area (Å²) in [5, 5.41) is 12.4. The first-order chi connectivity index (χ1) is 10.1. The number of rotatable bonds is 7. The van der Waals surface area contributed by atoms with E-state index in [-0.39, 0.29) is 6.10 Å². The molecule has 2 rings (SSSR count). The lowest BCUT2D eigenvalue weighted by molar-refractivity contribution is 0.0753. The van der Waals surface area contributed by atoms with Crippen molar-refractivity contribution in [3.05, 3.63) is 23.2 Å². The minimum Gasteiger partial charge on any atom is -0.398 e. The molecule has 6 nitrogen and oxygen atoms in total. The molecule has 1 aromatic carbocycles. The summed E-state index contributed by atoms with van der Waals surface area (Å²) in [5.74, 6) is 0.639. The van der Waals surface area contributed by atoms with E-state index in [2.05, 4.69) is 15.5 Å². The Morgan fingerprint density at radius 1 is 1.33 bits per heavy atom. The van der Waals surface area contributed by atoms with E-state index in [4.69, 9.17) is 22.1 Å². The van der Waals surface area contributed by atoms with Crippen molar-refractivity contribution in [1.82, 2.24) is 20.2 Å². The predicted molar refractivity (Wildman–Crippen MR) is 83.0 cm³/mol. The minimum absolute atomic E-state index is 0.264. The maximum absolute atomic E-state index is 6.01. The summed E-state index contributed by atoms with van der Waals surface area (Å²) in [7, 11) is 0. The van der Waals surface area contributed by atoms with Crippen LogP contribution in [0.2, 0.25) is 5.02 Å². The second kappa shape index (κ2) is 7.38. The number of benzene rings is 1. The van der Waals surface area contributed by atoms with E-state index >= 15 is 0 Å². The van der Waals surface area contributed by atoms with Gasteiger partial charge in [0, 0.05) is 29.4 Å². The minimum atomic E-state index is 0.264. The molecule has 0 saturated heterocycles. The number of nitrogen functional groups attached to an aromatic ring is 1. The number of anilines is 1. The van der Waals surface area contributed by atoms with Crippen LogP contribution in [-0.2, 0) is 11.3 Å². The molecule has 0 atom stereocenters. The van der Waals surface area contributed by atoms with Crippen LogP contribution in [-0.4, -0.2) is 32.9 Å². The fourth-order valence-corrected chi connectivity index (χ4v) is 2.13. The Bertz CT molecular complexity index is 584. The van der Waals surface area contributed by atoms with Crippen molar-refractivity contribution >= 4 is 17.3 Å². The van der Waals surface area contributed by atoms with Crippen LogP contribution in [0.5, 0.6) is 0 Å². The highest BCUT2D eigenvalue weighted by molar-refractivity contribution is 6.31. The van der Waals surface area contributed by atoms with Gasteiger partial charge >= 0.3 is 0 Å². The van der Waals surface area contributed by atoms with Gasteiger partial charge in [-0.25, -0.2) is 4.68 Å². The van der Waals surface area contributed by atoms with Gasteiger partial charge in [0.2, 0.25) is 0 Å². The first kappa shape index (κ1) is 15.7. The standard InChI is InChI=1S/C14H20ClN5O/c1-10(2)21-8-4-3-7-20-14(17-18-19-20)12-9-11(15)5-6-13(12)16/h5-6,9-10H,3-4,7-8,16H2,1-2H3. The molecule has 1 heterocycles. The van der Waals surface area contributed by atoms with E-state index in [0.29, 0.717) is 16.5 Å². The van der Waals surface area contributed by atoms with Crippen LogP contribution in [0, 0.1) is 0 Å². The highest BCUT2D eigenvalue weighted by Crippen LogP contribution is 2.26. The quantitative estimate of drug-likeness (QED) is 0.628. The first-order valence-corrected chi connectivity index (χ1v) is 7.39. The lowest BCUT2D eigenvalue weighted by Gasteiger charge is -2.09. The zero-order valence-electron chi connectivity index (χ0n) is 12.3. The van der Waals surface area contributed by atoms with Crippen LogP contribution in [0.25, 0.3) is 11.4 Å². The van der Waals surface area contributed by atoms with Crippen molar-refractivity contribution in [3.63, 3.8) is 0 Å². The van der Waals surface area contributed by atoms with Crippen molar-refractivity contribution in [1.29, 1.82) is 0 Å². The Labute approximate surface area is 129 Å². The monoisotopic (exact) mass is 309 g/mol. The lowest BCUT2D eigenvalue weighted by atomic mass is 10.1. The Hall–Kier alpha value is -1.66. The molecule has 0 bridgehead atoms. The molecule has 0 aliphatic carbocycles. The van der Waals surface area contributed by atoms with Gasteiger partial charge in [-0.2, -0.15) is 0 Å². The lowest BCUT2D eigenvalue weighted by Crippen LogP contribution is -2.07. The highest BCUT2D eigenvalue weighted by atomic mass is 35.5. The summed E-state index contributed by atoms with van der Waals surface area (Å²) in [5.41, 5.74) is 7.34. The number of aromatic nitrogens is 4. The van der Waals surface area contributed by atoms with Crippen LogP contribution in [0.3, 0.4) is 0 Å². The first-order valence-electron chi connectivity index (χ1n) is 7.01. The van der Waals surface area contributed by atoms with Gasteiger partial charge in [-0.3, -0.25) is 0 Å². The molecule has 0 saturated carbocycles. The predicted octanol–water partition coefficient (Wildman–Crippen LogP) is 2.78. The van der Waals surface area contributed by atoms with Gasteiger partial charge in [0.25, 0.3) is 0 Å².